The molecule has 0 saturated heterocycles. The highest BCUT2D eigenvalue weighted by molar-refractivity contribution is 7.10. The number of ether oxygens (including phenoxy) is 1. The van der Waals surface area contributed by atoms with E-state index >= 15 is 0 Å². The molecule has 0 radical (unpaired) electrons. The third-order valence-corrected chi connectivity index (χ3v) is 3.76. The van der Waals surface area contributed by atoms with Gasteiger partial charge in [-0.2, -0.15) is 0 Å². The highest BCUT2D eigenvalue weighted by atomic mass is 32.1. The predicted molar refractivity (Wildman–Crippen MR) is 61.0 cm³/mol. The van der Waals surface area contributed by atoms with E-state index in [-0.39, 0.29) is 11.8 Å². The van der Waals surface area contributed by atoms with E-state index in [1.165, 1.54) is 0 Å². The van der Waals surface area contributed by atoms with E-state index in [2.05, 4.69) is 4.98 Å². The van der Waals surface area contributed by atoms with Crippen LogP contribution in [0.4, 0.5) is 0 Å². The number of hydrogen-bond acceptors (Lipinski definition) is 4. The topological polar surface area (TPSA) is 64.3 Å². The summed E-state index contributed by atoms with van der Waals surface area (Å²) >= 11 is 1.64. The molecular formula is C11H10N2O3S. The third kappa shape index (κ3) is 1.75. The average Bonchev–Trinajstić information content (AvgIpc) is 2.97. The third-order valence-electron chi connectivity index (χ3n) is 2.79. The fourth-order valence-electron chi connectivity index (χ4n) is 1.95. The summed E-state index contributed by atoms with van der Waals surface area (Å²) in [5.74, 6) is -1.00. The van der Waals surface area contributed by atoms with Crippen molar-refractivity contribution in [1.82, 2.24) is 9.55 Å². The molecule has 0 spiro atoms. The quantitative estimate of drug-likeness (QED) is 0.884. The van der Waals surface area contributed by atoms with E-state index in [1.807, 2.05) is 22.1 Å². The van der Waals surface area contributed by atoms with Gasteiger partial charge in [0.1, 0.15) is 6.10 Å². The Bertz CT molecular complexity index is 547. The van der Waals surface area contributed by atoms with Crippen molar-refractivity contribution < 1.29 is 14.6 Å². The van der Waals surface area contributed by atoms with Crippen molar-refractivity contribution in [3.63, 3.8) is 0 Å². The summed E-state index contributed by atoms with van der Waals surface area (Å²) in [5, 5.41) is 11.0. The summed E-state index contributed by atoms with van der Waals surface area (Å²) in [4.78, 5) is 16.0. The molecule has 5 nitrogen and oxygen atoms in total. The zero-order valence-electron chi connectivity index (χ0n) is 8.87. The molecule has 1 aliphatic heterocycles. The maximum atomic E-state index is 10.9. The van der Waals surface area contributed by atoms with Crippen molar-refractivity contribution in [3.8, 4) is 0 Å². The first-order valence-electron chi connectivity index (χ1n) is 5.18. The summed E-state index contributed by atoms with van der Waals surface area (Å²) in [6.07, 6.45) is 1.57. The molecule has 3 heterocycles. The van der Waals surface area contributed by atoms with Crippen LogP contribution in [0.25, 0.3) is 0 Å². The van der Waals surface area contributed by atoms with Gasteiger partial charge in [-0.05, 0) is 11.4 Å². The average molecular weight is 250 g/mol. The second kappa shape index (κ2) is 3.97. The molecule has 0 fully saturated rings. The van der Waals surface area contributed by atoms with Crippen molar-refractivity contribution in [2.24, 2.45) is 0 Å². The molecule has 6 heteroatoms. The highest BCUT2D eigenvalue weighted by Crippen LogP contribution is 2.30. The molecule has 88 valence electrons. The van der Waals surface area contributed by atoms with Crippen molar-refractivity contribution in [3.05, 3.63) is 40.1 Å². The van der Waals surface area contributed by atoms with Crippen LogP contribution < -0.4 is 0 Å². The van der Waals surface area contributed by atoms with E-state index in [0.717, 1.165) is 4.88 Å². The zero-order valence-corrected chi connectivity index (χ0v) is 9.68. The summed E-state index contributed by atoms with van der Waals surface area (Å²) in [5.41, 5.74) is 0.736. The largest absolute Gasteiger partial charge is 0.476 e. The van der Waals surface area contributed by atoms with Gasteiger partial charge in [0.2, 0.25) is 0 Å². The number of aromatic carboxylic acids is 1. The van der Waals surface area contributed by atoms with Gasteiger partial charge in [-0.1, -0.05) is 6.07 Å². The normalized spacial score (nSPS) is 18.9. The number of carbonyl (C=O) groups is 1. The molecule has 1 N–H and O–H groups in total. The van der Waals surface area contributed by atoms with Gasteiger partial charge in [0, 0.05) is 4.88 Å². The van der Waals surface area contributed by atoms with E-state index in [4.69, 9.17) is 9.84 Å². The fraction of sp³-hybridized carbons (Fsp3) is 0.273. The number of fused-ring (bicyclic) bond motifs is 1. The Balaban J connectivity index is 1.89. The molecular weight excluding hydrogens is 240 g/mol. The molecule has 0 aromatic carbocycles. The Morgan fingerprint density at radius 3 is 3.24 bits per heavy atom. The monoisotopic (exact) mass is 250 g/mol. The Labute approximate surface area is 101 Å². The van der Waals surface area contributed by atoms with Crippen LogP contribution in [0.2, 0.25) is 0 Å². The number of aromatic nitrogens is 2. The number of carboxylic acids is 1. The molecule has 17 heavy (non-hydrogen) atoms. The smallest absolute Gasteiger partial charge is 0.356 e. The number of rotatable bonds is 2. The van der Waals surface area contributed by atoms with E-state index in [1.54, 1.807) is 17.7 Å². The van der Waals surface area contributed by atoms with Gasteiger partial charge in [-0.3, -0.25) is 0 Å². The molecule has 1 atom stereocenters. The molecule has 3 rings (SSSR count). The first-order valence-corrected chi connectivity index (χ1v) is 6.06. The molecule has 2 aromatic rings. The molecule has 2 aromatic heterocycles. The Hall–Kier alpha value is -1.66. The van der Waals surface area contributed by atoms with Crippen molar-refractivity contribution in [1.29, 1.82) is 0 Å². The van der Waals surface area contributed by atoms with E-state index < -0.39 is 5.97 Å². The lowest BCUT2D eigenvalue weighted by Crippen LogP contribution is -2.21. The van der Waals surface area contributed by atoms with E-state index in [0.29, 0.717) is 18.8 Å². The summed E-state index contributed by atoms with van der Waals surface area (Å²) in [7, 11) is 0. The molecule has 0 bridgehead atoms. The van der Waals surface area contributed by atoms with Crippen LogP contribution in [0.1, 0.15) is 27.2 Å². The molecule has 0 unspecified atom stereocenters. The van der Waals surface area contributed by atoms with Crippen molar-refractivity contribution in [2.75, 3.05) is 0 Å². The minimum atomic E-state index is -1.00. The minimum absolute atomic E-state index is 0.00153. The van der Waals surface area contributed by atoms with Gasteiger partial charge in [-0.15, -0.1) is 11.3 Å². The van der Waals surface area contributed by atoms with Crippen LogP contribution in [-0.4, -0.2) is 20.6 Å². The summed E-state index contributed by atoms with van der Waals surface area (Å²) < 4.78 is 7.54. The van der Waals surface area contributed by atoms with Gasteiger partial charge in [0.05, 0.1) is 25.2 Å². The zero-order chi connectivity index (χ0) is 11.8. The highest BCUT2D eigenvalue weighted by Gasteiger charge is 2.26. The maximum Gasteiger partial charge on any atom is 0.356 e. The first kappa shape index (κ1) is 10.5. The van der Waals surface area contributed by atoms with Crippen LogP contribution >= 0.6 is 11.3 Å². The second-order valence-electron chi connectivity index (χ2n) is 3.81. The van der Waals surface area contributed by atoms with Gasteiger partial charge in [0.15, 0.2) is 5.69 Å². The van der Waals surface area contributed by atoms with Crippen LogP contribution in [0.15, 0.2) is 23.8 Å². The van der Waals surface area contributed by atoms with Gasteiger partial charge >= 0.3 is 5.97 Å². The van der Waals surface area contributed by atoms with Crippen LogP contribution in [0, 0.1) is 0 Å². The number of imidazole rings is 1. The molecule has 0 amide bonds. The lowest BCUT2D eigenvalue weighted by atomic mass is 10.2. The van der Waals surface area contributed by atoms with Gasteiger partial charge in [-0.25, -0.2) is 9.78 Å². The Morgan fingerprint density at radius 1 is 1.65 bits per heavy atom. The standard InChI is InChI=1S/C11H10N2O3S/c14-11(15)10-7-5-16-8(4-13(7)6-12-10)9-2-1-3-17-9/h1-3,6,8H,4-5H2,(H,14,15)/t8-/m0/s1. The van der Waals surface area contributed by atoms with E-state index in [9.17, 15) is 4.79 Å². The molecule has 1 aliphatic rings. The minimum Gasteiger partial charge on any atom is -0.476 e. The molecule has 0 aliphatic carbocycles. The number of nitrogens with zero attached hydrogens (tertiary/aromatic N) is 2. The number of hydrogen-bond donors (Lipinski definition) is 1. The SMILES string of the molecule is O=C(O)c1ncn2c1CO[C@H](c1cccs1)C2. The molecule has 0 saturated carbocycles. The van der Waals surface area contributed by atoms with Gasteiger partial charge < -0.3 is 14.4 Å². The number of carboxylic acid groups (broad SMARTS) is 1. The van der Waals surface area contributed by atoms with Crippen molar-refractivity contribution >= 4 is 17.3 Å². The lowest BCUT2D eigenvalue weighted by molar-refractivity contribution is 0.00437. The van der Waals surface area contributed by atoms with Crippen LogP contribution in [0.5, 0.6) is 0 Å². The van der Waals surface area contributed by atoms with Crippen LogP contribution in [-0.2, 0) is 17.9 Å². The van der Waals surface area contributed by atoms with Gasteiger partial charge in [0.25, 0.3) is 0 Å². The van der Waals surface area contributed by atoms with Crippen LogP contribution in [0.3, 0.4) is 0 Å². The predicted octanol–water partition coefficient (Wildman–Crippen LogP) is 1.91. The van der Waals surface area contributed by atoms with Crippen molar-refractivity contribution in [2.45, 2.75) is 19.3 Å². The Kier molecular flexibility index (Phi) is 2.45. The summed E-state index contributed by atoms with van der Waals surface area (Å²) in [6.45, 7) is 0.917. The fourth-order valence-corrected chi connectivity index (χ4v) is 2.72. The first-order chi connectivity index (χ1) is 8.25. The summed E-state index contributed by atoms with van der Waals surface area (Å²) in [6, 6.07) is 4.00. The maximum absolute atomic E-state index is 10.9. The lowest BCUT2D eigenvalue weighted by Gasteiger charge is -2.24. The second-order valence-corrected chi connectivity index (χ2v) is 4.79. The number of thiophene rings is 1. The Morgan fingerprint density at radius 2 is 2.53 bits per heavy atom.